The van der Waals surface area contributed by atoms with Gasteiger partial charge in [-0.3, -0.25) is 0 Å². The predicted octanol–water partition coefficient (Wildman–Crippen LogP) is 4.73. The molecule has 0 saturated heterocycles. The summed E-state index contributed by atoms with van der Waals surface area (Å²) in [5.74, 6) is 1.46. The average Bonchev–Trinajstić information content (AvgIpc) is 2.62. The Morgan fingerprint density at radius 2 is 1.79 bits per heavy atom. The van der Waals surface area contributed by atoms with Gasteiger partial charge in [-0.25, -0.2) is 0 Å². The first-order valence-corrected chi connectivity index (χ1v) is 15.7. The second kappa shape index (κ2) is 7.14. The number of fused-ring (bicyclic) bond motifs is 1. The van der Waals surface area contributed by atoms with Gasteiger partial charge in [-0.15, -0.1) is 0 Å². The van der Waals surface area contributed by atoms with Gasteiger partial charge in [0.05, 0.1) is 0 Å². The molecular weight excluding hydrogens is 383 g/mol. The van der Waals surface area contributed by atoms with Crippen LogP contribution in [-0.2, 0) is 18.5 Å². The van der Waals surface area contributed by atoms with Crippen LogP contribution in [0.1, 0.15) is 24.5 Å². The van der Waals surface area contributed by atoms with Crippen LogP contribution < -0.4 is 0 Å². The Morgan fingerprint density at radius 1 is 1.14 bits per heavy atom. The molecule has 0 heterocycles. The Hall–Kier alpha value is 0.803. The first kappa shape index (κ1) is 12.9. The van der Waals surface area contributed by atoms with Gasteiger partial charge < -0.3 is 0 Å². The van der Waals surface area contributed by atoms with E-state index in [1.54, 1.807) is 0 Å². The van der Waals surface area contributed by atoms with Gasteiger partial charge in [-0.2, -0.15) is 0 Å². The van der Waals surface area contributed by atoms with Crippen LogP contribution in [0.2, 0.25) is 0 Å². The molecule has 2 rings (SSSR count). The topological polar surface area (TPSA) is 0 Å². The molecule has 73 valence electrons. The van der Waals surface area contributed by atoms with Crippen LogP contribution in [0, 0.1) is 5.92 Å². The first-order chi connectivity index (χ1) is 6.83. The zero-order chi connectivity index (χ0) is 10.4. The van der Waals surface area contributed by atoms with Crippen molar-refractivity contribution in [1.29, 1.82) is 0 Å². The number of benzene rings is 1. The number of allylic oxidation sites excluding steroid dienone is 1. The van der Waals surface area contributed by atoms with Gasteiger partial charge in [0.15, 0.2) is 0 Å². The van der Waals surface area contributed by atoms with Gasteiger partial charge in [0.2, 0.25) is 0 Å². The van der Waals surface area contributed by atoms with E-state index >= 15 is 0 Å². The van der Waals surface area contributed by atoms with E-state index in [0.29, 0.717) is 0 Å². The quantitative estimate of drug-likeness (QED) is 0.646. The fraction of sp³-hybridized carbons (Fsp3) is 0.182. The standard InChI is InChI=1S/C11H11.2BrH.Zr/c1-2-9-7-8-10-5-3-4-6-11(9)10;;;/h3-8H,2H2,1H3;2*1H;/q;;;+2/p-2. The van der Waals surface area contributed by atoms with E-state index < -0.39 is 0 Å². The molecule has 14 heavy (non-hydrogen) atoms. The first-order valence-electron chi connectivity index (χ1n) is 4.43. The summed E-state index contributed by atoms with van der Waals surface area (Å²) < 4.78 is 0. The van der Waals surface area contributed by atoms with E-state index in [-0.39, 0.29) is 18.5 Å². The zero-order valence-corrected chi connectivity index (χ0v) is 13.6. The molecule has 1 aromatic rings. The van der Waals surface area contributed by atoms with Crippen molar-refractivity contribution in [3.05, 3.63) is 47.4 Å². The van der Waals surface area contributed by atoms with Gasteiger partial charge in [-0.05, 0) is 17.5 Å². The van der Waals surface area contributed by atoms with Crippen LogP contribution >= 0.6 is 24.4 Å². The van der Waals surface area contributed by atoms with Crippen molar-refractivity contribution in [3.8, 4) is 0 Å². The third kappa shape index (κ3) is 3.43. The molecule has 1 radical (unpaired) electrons. The molecule has 1 aliphatic rings. The Bertz CT molecular complexity index is 310. The van der Waals surface area contributed by atoms with E-state index in [4.69, 9.17) is 0 Å². The Balaban J connectivity index is 0.000000293. The van der Waals surface area contributed by atoms with Gasteiger partial charge in [0, 0.05) is 5.92 Å². The third-order valence-corrected chi connectivity index (χ3v) is 2.15. The molecule has 3 heteroatoms. The molecule has 0 bridgehead atoms. The summed E-state index contributed by atoms with van der Waals surface area (Å²) in [6, 6.07) is 8.53. The molecule has 1 aromatic carbocycles. The minimum atomic E-state index is -0.145. The Morgan fingerprint density at radius 3 is 2.43 bits per heavy atom. The summed E-state index contributed by atoms with van der Waals surface area (Å²) in [7, 11) is 0. The number of halogens is 2. The fourth-order valence-corrected chi connectivity index (χ4v) is 1.52. The number of hydrogen-bond donors (Lipinski definition) is 0. The second-order valence-electron chi connectivity index (χ2n) is 2.87. The Labute approximate surface area is 109 Å². The fourth-order valence-electron chi connectivity index (χ4n) is 1.52. The van der Waals surface area contributed by atoms with Crippen molar-refractivity contribution in [1.82, 2.24) is 0 Å². The molecule has 0 amide bonds. The van der Waals surface area contributed by atoms with Crippen molar-refractivity contribution < 1.29 is 18.5 Å². The molecule has 0 aliphatic heterocycles. The summed E-state index contributed by atoms with van der Waals surface area (Å²) in [5, 5.41) is 0. The van der Waals surface area contributed by atoms with Crippen LogP contribution in [-0.4, -0.2) is 0 Å². The van der Waals surface area contributed by atoms with Crippen LogP contribution in [0.3, 0.4) is 0 Å². The maximum absolute atomic E-state index is 3.23. The van der Waals surface area contributed by atoms with Crippen molar-refractivity contribution in [3.63, 3.8) is 0 Å². The van der Waals surface area contributed by atoms with Crippen LogP contribution in [0.5, 0.6) is 0 Å². The molecule has 0 unspecified atom stereocenters. The van der Waals surface area contributed by atoms with Crippen molar-refractivity contribution >= 4 is 30.5 Å². The van der Waals surface area contributed by atoms with Crippen LogP contribution in [0.15, 0.2) is 30.3 Å². The van der Waals surface area contributed by atoms with Crippen molar-refractivity contribution in [2.75, 3.05) is 0 Å². The maximum atomic E-state index is 3.23. The summed E-state index contributed by atoms with van der Waals surface area (Å²) in [6.07, 6.45) is 5.53. The molecule has 0 fully saturated rings. The minimum absolute atomic E-state index is 0.145. The van der Waals surface area contributed by atoms with E-state index in [9.17, 15) is 0 Å². The van der Waals surface area contributed by atoms with Crippen LogP contribution in [0.4, 0.5) is 0 Å². The molecule has 0 atom stereocenters. The zero-order valence-electron chi connectivity index (χ0n) is 7.93. The van der Waals surface area contributed by atoms with Gasteiger partial charge in [0.1, 0.15) is 0 Å². The Kier molecular flexibility index (Phi) is 6.56. The third-order valence-electron chi connectivity index (χ3n) is 2.15. The summed E-state index contributed by atoms with van der Waals surface area (Å²) >= 11 is 6.32. The molecule has 0 saturated carbocycles. The molecule has 0 nitrogen and oxygen atoms in total. The summed E-state index contributed by atoms with van der Waals surface area (Å²) in [5.41, 5.74) is 2.78. The van der Waals surface area contributed by atoms with Gasteiger partial charge in [-0.1, -0.05) is 43.3 Å². The average molecular weight is 394 g/mol. The molecular formula is C11H11Br2Zr. The molecule has 0 aromatic heterocycles. The summed E-state index contributed by atoms with van der Waals surface area (Å²) in [6.45, 7) is 2.20. The summed E-state index contributed by atoms with van der Waals surface area (Å²) in [4.78, 5) is 0. The number of hydrogen-bond acceptors (Lipinski definition) is 0. The van der Waals surface area contributed by atoms with Gasteiger partial charge >= 0.3 is 43.0 Å². The van der Waals surface area contributed by atoms with E-state index in [1.165, 1.54) is 17.0 Å². The van der Waals surface area contributed by atoms with Crippen LogP contribution in [0.25, 0.3) is 6.08 Å². The van der Waals surface area contributed by atoms with E-state index in [1.807, 2.05) is 0 Å². The normalized spacial score (nSPS) is 13.1. The predicted molar refractivity (Wildman–Crippen MR) is 66.0 cm³/mol. The molecule has 1 aliphatic carbocycles. The van der Waals surface area contributed by atoms with Crippen molar-refractivity contribution in [2.45, 2.75) is 13.3 Å². The second-order valence-corrected chi connectivity index (χ2v) is 14.2. The SMILES string of the molecule is CC[C]1C=Cc2ccccc21.[Br][Zr][Br]. The van der Waals surface area contributed by atoms with Gasteiger partial charge in [0.25, 0.3) is 0 Å². The van der Waals surface area contributed by atoms with E-state index in [0.717, 1.165) is 6.42 Å². The molecule has 0 spiro atoms. The molecule has 0 N–H and O–H groups in total. The monoisotopic (exact) mass is 391 g/mol. The number of rotatable bonds is 1. The van der Waals surface area contributed by atoms with E-state index in [2.05, 4.69) is 67.8 Å². The van der Waals surface area contributed by atoms with Crippen molar-refractivity contribution in [2.24, 2.45) is 0 Å².